The van der Waals surface area contributed by atoms with Gasteiger partial charge in [0.1, 0.15) is 5.82 Å². The third-order valence-corrected chi connectivity index (χ3v) is 11.9. The van der Waals surface area contributed by atoms with Crippen LogP contribution < -0.4 is 14.5 Å². The number of hydrogen-bond acceptors (Lipinski definition) is 4. The third-order valence-electron chi connectivity index (χ3n) is 11.9. The molecular formula is C53H37N4OPt-3. The molecule has 2 unspecified atom stereocenters. The molecule has 0 N–H and O–H groups in total. The quantitative estimate of drug-likeness (QED) is 0.149. The number of ether oxygens (including phenoxy) is 1. The molecule has 7 aromatic carbocycles. The summed E-state index contributed by atoms with van der Waals surface area (Å²) >= 11 is 0. The number of nitrogens with zero attached hydrogens (tertiary/aromatic N) is 4. The Morgan fingerprint density at radius 1 is 0.610 bits per heavy atom. The van der Waals surface area contributed by atoms with Crippen molar-refractivity contribution in [2.24, 2.45) is 0 Å². The van der Waals surface area contributed by atoms with Crippen LogP contribution in [0.4, 0.5) is 11.4 Å². The van der Waals surface area contributed by atoms with Crippen LogP contribution in [-0.4, -0.2) is 21.6 Å². The van der Waals surface area contributed by atoms with Gasteiger partial charge in [0.2, 0.25) is 0 Å². The first-order chi connectivity index (χ1) is 32.9. The average Bonchev–Trinajstić information content (AvgIpc) is 4.13. The fraction of sp³-hybridized carbons (Fsp3) is 0.0943. The van der Waals surface area contributed by atoms with Crippen LogP contribution in [0.15, 0.2) is 182 Å². The molecule has 4 atom stereocenters. The van der Waals surface area contributed by atoms with Crippen LogP contribution in [0.2, 0.25) is 0 Å². The van der Waals surface area contributed by atoms with E-state index in [1.165, 1.54) is 11.1 Å². The molecule has 12 rings (SSSR count). The van der Waals surface area contributed by atoms with E-state index < -0.39 is 60.4 Å². The SMILES string of the molecule is [2H]c1c([2H])c([2H])c(-c2cccc(-c3c([2H])c([2H])c([2H])c([2H])c3[2H])c2N2[CH-]N(c3[c-]c(Oc4[c-]c5c(cc4)c4ccccc4n5-c4ccccn4)ccc3)C3C2[C@H]2C[C@@H]3c3ccccc32)c([2H])c1[2H].[Pt]. The molecule has 0 amide bonds. The molecule has 1 saturated heterocycles. The monoisotopic (exact) mass is 950 g/mol. The number of fused-ring (bicyclic) bond motifs is 11. The predicted molar refractivity (Wildman–Crippen MR) is 233 cm³/mol. The summed E-state index contributed by atoms with van der Waals surface area (Å²) in [5.74, 6) is 1.67. The van der Waals surface area contributed by atoms with Gasteiger partial charge in [-0.3, -0.25) is 0 Å². The Kier molecular flexibility index (Phi) is 6.50. The van der Waals surface area contributed by atoms with Crippen LogP contribution in [0.25, 0.3) is 49.9 Å². The van der Waals surface area contributed by atoms with Gasteiger partial charge in [-0.05, 0) is 52.3 Å². The van der Waals surface area contributed by atoms with Crippen molar-refractivity contribution in [1.82, 2.24) is 9.55 Å². The van der Waals surface area contributed by atoms with Crippen LogP contribution in [0.1, 0.15) is 43.1 Å². The smallest absolute Gasteiger partial charge is 0.135 e. The Morgan fingerprint density at radius 3 is 1.97 bits per heavy atom. The number of benzene rings is 7. The van der Waals surface area contributed by atoms with E-state index in [1.54, 1.807) is 24.4 Å². The first-order valence-electron chi connectivity index (χ1n) is 24.3. The molecule has 3 heterocycles. The molecule has 288 valence electrons. The van der Waals surface area contributed by atoms with Crippen molar-refractivity contribution < 1.29 is 39.5 Å². The average molecular weight is 951 g/mol. The number of para-hydroxylation sites is 2. The summed E-state index contributed by atoms with van der Waals surface area (Å²) in [5.41, 5.74) is 5.61. The van der Waals surface area contributed by atoms with E-state index in [4.69, 9.17) is 18.4 Å². The van der Waals surface area contributed by atoms with Crippen LogP contribution >= 0.6 is 0 Å². The zero-order valence-electron chi connectivity index (χ0n) is 41.2. The Labute approximate surface area is 372 Å². The Morgan fingerprint density at radius 2 is 1.25 bits per heavy atom. The molecule has 2 fully saturated rings. The van der Waals surface area contributed by atoms with E-state index in [9.17, 15) is 0 Å². The fourth-order valence-corrected chi connectivity index (χ4v) is 9.69. The number of hydrogen-bond donors (Lipinski definition) is 0. The maximum Gasteiger partial charge on any atom is 0.135 e. The molecule has 0 spiro atoms. The summed E-state index contributed by atoms with van der Waals surface area (Å²) in [5, 5.41) is 2.06. The second-order valence-corrected chi connectivity index (χ2v) is 14.8. The maximum absolute atomic E-state index is 9.14. The van der Waals surface area contributed by atoms with Crippen LogP contribution in [0.3, 0.4) is 0 Å². The van der Waals surface area contributed by atoms with Gasteiger partial charge in [-0.1, -0.05) is 133 Å². The fourth-order valence-electron chi connectivity index (χ4n) is 9.69. The third kappa shape index (κ3) is 5.74. The van der Waals surface area contributed by atoms with Crippen molar-refractivity contribution in [3.8, 4) is 39.6 Å². The molecule has 5 nitrogen and oxygen atoms in total. The number of pyridine rings is 1. The Balaban J connectivity index is 0.00000520. The standard InChI is InChI=1S/C53H37N4O.Pt/c1-3-15-35(16-4-1)40-24-14-25-41(36-17-5-2-6-18-36)51(40)56-34-55(52-46-33-47(53(52)56)43-22-8-7-21-42(43)46)37-19-13-20-38(31-37)58-39-28-29-45-44-23-9-10-26-48(44)57(49(45)32-39)50-27-11-12-30-54-50;/h1-30,34,46-47,52-53H,33H2;/q-3;/t46-,47+,52?,53?;/m1./s1/i1D,2D,3D,4D,5D,6D,15D,16D,17D,18D;. The summed E-state index contributed by atoms with van der Waals surface area (Å²) in [6.07, 6.45) is 2.56. The molecule has 2 aliphatic carbocycles. The van der Waals surface area contributed by atoms with Gasteiger partial charge in [0.25, 0.3) is 0 Å². The minimum atomic E-state index is -0.540. The van der Waals surface area contributed by atoms with Crippen molar-refractivity contribution in [3.05, 3.63) is 212 Å². The molecular weight excluding hydrogens is 904 g/mol. The van der Waals surface area contributed by atoms with Gasteiger partial charge in [-0.25, -0.2) is 4.98 Å². The molecule has 9 aromatic rings. The summed E-state index contributed by atoms with van der Waals surface area (Å²) in [4.78, 5) is 8.84. The molecule has 59 heavy (non-hydrogen) atoms. The summed E-state index contributed by atoms with van der Waals surface area (Å²) in [7, 11) is 0. The summed E-state index contributed by atoms with van der Waals surface area (Å²) < 4.78 is 96.7. The normalized spacial score (nSPS) is 21.2. The van der Waals surface area contributed by atoms with Gasteiger partial charge >= 0.3 is 0 Å². The van der Waals surface area contributed by atoms with Crippen LogP contribution in [-0.2, 0) is 21.1 Å². The van der Waals surface area contributed by atoms with Gasteiger partial charge in [-0.2, -0.15) is 24.9 Å². The topological polar surface area (TPSA) is 33.5 Å². The van der Waals surface area contributed by atoms with Crippen molar-refractivity contribution in [2.45, 2.75) is 30.3 Å². The van der Waals surface area contributed by atoms with Gasteiger partial charge < -0.3 is 19.1 Å². The van der Waals surface area contributed by atoms with Gasteiger partial charge in [-0.15, -0.1) is 35.3 Å². The molecule has 2 aromatic heterocycles. The molecule has 0 radical (unpaired) electrons. The summed E-state index contributed by atoms with van der Waals surface area (Å²) in [6.45, 7) is 1.94. The molecule has 3 aliphatic rings. The molecule has 1 saturated carbocycles. The molecule has 6 heteroatoms. The van der Waals surface area contributed by atoms with Gasteiger partial charge in [0.05, 0.1) is 13.7 Å². The minimum Gasteiger partial charge on any atom is -0.519 e. The van der Waals surface area contributed by atoms with E-state index >= 15 is 0 Å². The minimum absolute atomic E-state index is 0. The van der Waals surface area contributed by atoms with Crippen molar-refractivity contribution in [3.63, 3.8) is 0 Å². The van der Waals surface area contributed by atoms with Crippen molar-refractivity contribution in [2.75, 3.05) is 9.80 Å². The Bertz CT molecular complexity index is 3440. The number of aromatic nitrogens is 2. The van der Waals surface area contributed by atoms with E-state index in [0.717, 1.165) is 34.0 Å². The summed E-state index contributed by atoms with van der Waals surface area (Å²) in [6, 6.07) is 38.6. The van der Waals surface area contributed by atoms with Crippen LogP contribution in [0, 0.1) is 18.8 Å². The van der Waals surface area contributed by atoms with Crippen molar-refractivity contribution in [1.29, 1.82) is 0 Å². The van der Waals surface area contributed by atoms with Gasteiger partial charge in [0.15, 0.2) is 0 Å². The van der Waals surface area contributed by atoms with E-state index in [0.29, 0.717) is 22.9 Å². The van der Waals surface area contributed by atoms with Gasteiger partial charge in [0, 0.05) is 85.0 Å². The van der Waals surface area contributed by atoms with E-state index in [-0.39, 0.29) is 67.2 Å². The first-order valence-corrected chi connectivity index (χ1v) is 19.3. The van der Waals surface area contributed by atoms with Crippen molar-refractivity contribution >= 4 is 33.2 Å². The largest absolute Gasteiger partial charge is 0.519 e. The maximum atomic E-state index is 9.14. The number of anilines is 2. The predicted octanol–water partition coefficient (Wildman–Crippen LogP) is 12.4. The zero-order valence-corrected chi connectivity index (χ0v) is 33.4. The number of rotatable bonds is 7. The molecule has 2 bridgehead atoms. The Hall–Kier alpha value is -6.42. The molecule has 1 aliphatic heterocycles. The van der Waals surface area contributed by atoms with E-state index in [1.807, 2.05) is 84.4 Å². The second-order valence-electron chi connectivity index (χ2n) is 14.8. The van der Waals surface area contributed by atoms with E-state index in [2.05, 4.69) is 50.8 Å². The zero-order chi connectivity index (χ0) is 46.9. The first kappa shape index (κ1) is 26.6. The van der Waals surface area contributed by atoms with Crippen LogP contribution in [0.5, 0.6) is 11.5 Å². The second kappa shape index (κ2) is 14.4.